The van der Waals surface area contributed by atoms with Gasteiger partial charge < -0.3 is 15.0 Å². The van der Waals surface area contributed by atoms with Crippen molar-refractivity contribution < 1.29 is 18.7 Å². The van der Waals surface area contributed by atoms with Gasteiger partial charge in [0.05, 0.1) is 12.2 Å². The molecule has 1 N–H and O–H groups in total. The summed E-state index contributed by atoms with van der Waals surface area (Å²) in [4.78, 5) is 26.8. The van der Waals surface area contributed by atoms with Crippen LogP contribution in [0.15, 0.2) is 66.7 Å². The predicted molar refractivity (Wildman–Crippen MR) is 112 cm³/mol. The monoisotopic (exact) mass is 404 g/mol. The molecule has 0 saturated carbocycles. The lowest BCUT2D eigenvalue weighted by atomic mass is 10.1. The number of hydrogen-bond donors (Lipinski definition) is 1. The lowest BCUT2D eigenvalue weighted by Crippen LogP contribution is -2.38. The number of carbonyl (C=O) groups excluding carboxylic acids is 2. The Balaban J connectivity index is 1.53. The molecule has 0 bridgehead atoms. The van der Waals surface area contributed by atoms with E-state index in [1.807, 2.05) is 31.2 Å². The summed E-state index contributed by atoms with van der Waals surface area (Å²) in [5.74, 6) is -0.197. The lowest BCUT2D eigenvalue weighted by molar-refractivity contribution is -0.121. The van der Waals surface area contributed by atoms with Crippen molar-refractivity contribution in [2.75, 3.05) is 11.5 Å². The molecule has 6 heteroatoms. The third-order valence-corrected chi connectivity index (χ3v) is 4.99. The molecule has 0 fully saturated rings. The van der Waals surface area contributed by atoms with Crippen LogP contribution in [0.4, 0.5) is 10.1 Å². The molecular formula is C24H21FN2O3. The minimum atomic E-state index is -0.321. The number of anilines is 1. The fourth-order valence-corrected chi connectivity index (χ4v) is 3.28. The van der Waals surface area contributed by atoms with E-state index in [1.165, 1.54) is 12.1 Å². The average molecular weight is 404 g/mol. The zero-order chi connectivity index (χ0) is 21.1. The van der Waals surface area contributed by atoms with Crippen LogP contribution in [0.25, 0.3) is 0 Å². The van der Waals surface area contributed by atoms with Gasteiger partial charge in [-0.15, -0.1) is 0 Å². The molecule has 152 valence electrons. The SMILES string of the molecule is Cc1ccc(CN2C(=O)COc3ccc(C(=O)NCc4ccc(F)cc4)cc32)cc1. The van der Waals surface area contributed by atoms with E-state index in [0.717, 1.165) is 16.7 Å². The molecule has 0 aliphatic carbocycles. The highest BCUT2D eigenvalue weighted by atomic mass is 19.1. The zero-order valence-corrected chi connectivity index (χ0v) is 16.5. The summed E-state index contributed by atoms with van der Waals surface area (Å²) in [7, 11) is 0. The Bertz CT molecular complexity index is 1080. The maximum absolute atomic E-state index is 13.0. The number of amides is 2. The van der Waals surface area contributed by atoms with Crippen LogP contribution in [0.2, 0.25) is 0 Å². The lowest BCUT2D eigenvalue weighted by Gasteiger charge is -2.30. The number of ether oxygens (including phenoxy) is 1. The molecule has 0 radical (unpaired) electrons. The molecule has 4 rings (SSSR count). The average Bonchev–Trinajstić information content (AvgIpc) is 2.76. The topological polar surface area (TPSA) is 58.6 Å². The van der Waals surface area contributed by atoms with Gasteiger partial charge in [0.1, 0.15) is 11.6 Å². The fourth-order valence-electron chi connectivity index (χ4n) is 3.28. The predicted octanol–water partition coefficient (Wildman–Crippen LogP) is 3.99. The van der Waals surface area contributed by atoms with Crippen molar-refractivity contribution in [2.45, 2.75) is 20.0 Å². The van der Waals surface area contributed by atoms with Crippen LogP contribution in [-0.4, -0.2) is 18.4 Å². The molecule has 30 heavy (non-hydrogen) atoms. The minimum Gasteiger partial charge on any atom is -0.482 e. The molecule has 3 aromatic carbocycles. The quantitative estimate of drug-likeness (QED) is 0.700. The summed E-state index contributed by atoms with van der Waals surface area (Å²) in [6.07, 6.45) is 0. The summed E-state index contributed by atoms with van der Waals surface area (Å²) in [6, 6.07) is 19.0. The van der Waals surface area contributed by atoms with Gasteiger partial charge in [0.2, 0.25) is 0 Å². The Hall–Kier alpha value is -3.67. The first-order valence-electron chi connectivity index (χ1n) is 9.65. The van der Waals surface area contributed by atoms with Crippen molar-refractivity contribution >= 4 is 17.5 Å². The summed E-state index contributed by atoms with van der Waals surface area (Å²) in [5, 5.41) is 2.82. The van der Waals surface area contributed by atoms with Crippen molar-refractivity contribution in [3.8, 4) is 5.75 Å². The molecule has 2 amide bonds. The second kappa shape index (κ2) is 8.37. The highest BCUT2D eigenvalue weighted by Gasteiger charge is 2.26. The normalized spacial score (nSPS) is 12.9. The number of aryl methyl sites for hydroxylation is 1. The maximum Gasteiger partial charge on any atom is 0.265 e. The molecule has 1 aliphatic rings. The van der Waals surface area contributed by atoms with Gasteiger partial charge in [-0.25, -0.2) is 4.39 Å². The van der Waals surface area contributed by atoms with Gasteiger partial charge in [-0.05, 0) is 48.4 Å². The number of rotatable bonds is 5. The van der Waals surface area contributed by atoms with Crippen molar-refractivity contribution in [1.82, 2.24) is 5.32 Å². The van der Waals surface area contributed by atoms with E-state index in [4.69, 9.17) is 4.74 Å². The number of fused-ring (bicyclic) bond motifs is 1. The standard InChI is InChI=1S/C24H21FN2O3/c1-16-2-4-18(5-3-16)14-27-21-12-19(8-11-22(21)30-15-23(27)28)24(29)26-13-17-6-9-20(25)10-7-17/h2-12H,13-15H2,1H3,(H,26,29). The van der Waals surface area contributed by atoms with Crippen molar-refractivity contribution in [1.29, 1.82) is 0 Å². The van der Waals surface area contributed by atoms with Gasteiger partial charge in [0.25, 0.3) is 11.8 Å². The van der Waals surface area contributed by atoms with E-state index >= 15 is 0 Å². The summed E-state index contributed by atoms with van der Waals surface area (Å²) in [6.45, 7) is 2.65. The first-order chi connectivity index (χ1) is 14.5. The Kier molecular flexibility index (Phi) is 5.48. The van der Waals surface area contributed by atoms with Gasteiger partial charge in [-0.2, -0.15) is 0 Å². The molecule has 5 nitrogen and oxygen atoms in total. The Morgan fingerprint density at radius 3 is 2.47 bits per heavy atom. The highest BCUT2D eigenvalue weighted by molar-refractivity contribution is 6.01. The molecule has 0 spiro atoms. The minimum absolute atomic E-state index is 0.0328. The van der Waals surface area contributed by atoms with E-state index in [9.17, 15) is 14.0 Å². The highest BCUT2D eigenvalue weighted by Crippen LogP contribution is 2.34. The van der Waals surface area contributed by atoms with E-state index in [0.29, 0.717) is 23.5 Å². The van der Waals surface area contributed by atoms with Crippen LogP contribution in [0.5, 0.6) is 5.75 Å². The number of halogens is 1. The summed E-state index contributed by atoms with van der Waals surface area (Å²) < 4.78 is 18.6. The zero-order valence-electron chi connectivity index (χ0n) is 16.5. The molecule has 3 aromatic rings. The van der Waals surface area contributed by atoms with E-state index in [-0.39, 0.29) is 30.8 Å². The molecule has 1 heterocycles. The third-order valence-electron chi connectivity index (χ3n) is 4.99. The smallest absolute Gasteiger partial charge is 0.265 e. The van der Waals surface area contributed by atoms with Crippen LogP contribution in [0, 0.1) is 12.7 Å². The number of carbonyl (C=O) groups is 2. The number of benzene rings is 3. The first kappa shape index (κ1) is 19.6. The molecular weight excluding hydrogens is 383 g/mol. The van der Waals surface area contributed by atoms with Gasteiger partial charge in [0.15, 0.2) is 6.61 Å². The summed E-state index contributed by atoms with van der Waals surface area (Å²) in [5.41, 5.74) is 3.92. The molecule has 0 atom stereocenters. The van der Waals surface area contributed by atoms with Crippen LogP contribution in [0.3, 0.4) is 0 Å². The number of nitrogens with one attached hydrogen (secondary N) is 1. The van der Waals surface area contributed by atoms with Crippen LogP contribution >= 0.6 is 0 Å². The van der Waals surface area contributed by atoms with Crippen molar-refractivity contribution in [3.63, 3.8) is 0 Å². The third kappa shape index (κ3) is 4.33. The first-order valence-corrected chi connectivity index (χ1v) is 9.65. The second-order valence-corrected chi connectivity index (χ2v) is 7.25. The van der Waals surface area contributed by atoms with Crippen molar-refractivity contribution in [3.05, 3.63) is 94.8 Å². The second-order valence-electron chi connectivity index (χ2n) is 7.25. The Morgan fingerprint density at radius 1 is 1.03 bits per heavy atom. The van der Waals surface area contributed by atoms with E-state index in [2.05, 4.69) is 5.32 Å². The van der Waals surface area contributed by atoms with Gasteiger partial charge >= 0.3 is 0 Å². The fraction of sp³-hybridized carbons (Fsp3) is 0.167. The van der Waals surface area contributed by atoms with E-state index < -0.39 is 0 Å². The number of nitrogens with zero attached hydrogens (tertiary/aromatic N) is 1. The van der Waals surface area contributed by atoms with E-state index in [1.54, 1.807) is 35.2 Å². The largest absolute Gasteiger partial charge is 0.482 e. The molecule has 0 aromatic heterocycles. The van der Waals surface area contributed by atoms with Crippen LogP contribution in [0.1, 0.15) is 27.0 Å². The van der Waals surface area contributed by atoms with Crippen LogP contribution < -0.4 is 15.0 Å². The van der Waals surface area contributed by atoms with Gasteiger partial charge in [0, 0.05) is 12.1 Å². The van der Waals surface area contributed by atoms with Crippen molar-refractivity contribution in [2.24, 2.45) is 0 Å². The van der Waals surface area contributed by atoms with Crippen LogP contribution in [-0.2, 0) is 17.9 Å². The van der Waals surface area contributed by atoms with Gasteiger partial charge in [-0.1, -0.05) is 42.0 Å². The summed E-state index contributed by atoms with van der Waals surface area (Å²) >= 11 is 0. The Labute approximate surface area is 174 Å². The maximum atomic E-state index is 13.0. The molecule has 0 unspecified atom stereocenters. The number of hydrogen-bond acceptors (Lipinski definition) is 3. The molecule has 0 saturated heterocycles. The van der Waals surface area contributed by atoms with Gasteiger partial charge in [-0.3, -0.25) is 9.59 Å². The molecule has 1 aliphatic heterocycles. The Morgan fingerprint density at radius 2 is 1.73 bits per heavy atom.